The van der Waals surface area contributed by atoms with Crippen LogP contribution in [-0.4, -0.2) is 22.8 Å². The average Bonchev–Trinajstić information content (AvgIpc) is 2.95. The summed E-state index contributed by atoms with van der Waals surface area (Å²) in [5.41, 5.74) is 3.12. The molecule has 1 heterocycles. The molecule has 0 radical (unpaired) electrons. The Bertz CT molecular complexity index is 692. The molecule has 0 aliphatic heterocycles. The van der Waals surface area contributed by atoms with Crippen LogP contribution < -0.4 is 10.6 Å². The van der Waals surface area contributed by atoms with Crippen LogP contribution in [-0.2, 0) is 9.59 Å². The molecule has 0 fully saturated rings. The molecule has 23 heavy (non-hydrogen) atoms. The number of nitrogens with one attached hydrogen (secondary N) is 2. The van der Waals surface area contributed by atoms with Crippen LogP contribution in [0.1, 0.15) is 39.2 Å². The van der Waals surface area contributed by atoms with Gasteiger partial charge in [0.1, 0.15) is 6.04 Å². The number of benzene rings is 1. The van der Waals surface area contributed by atoms with Gasteiger partial charge in [-0.2, -0.15) is 0 Å². The second-order valence-electron chi connectivity index (χ2n) is 5.73. The fraction of sp³-hybridized carbons (Fsp3) is 0.353. The minimum Gasteiger partial charge on any atom is -0.345 e. The van der Waals surface area contributed by atoms with Crippen LogP contribution >= 0.6 is 11.3 Å². The minimum absolute atomic E-state index is 0.238. The van der Waals surface area contributed by atoms with Crippen LogP contribution in [0.2, 0.25) is 0 Å². The number of hydrogen-bond acceptors (Lipinski definition) is 4. The van der Waals surface area contributed by atoms with Gasteiger partial charge in [-0.15, -0.1) is 11.3 Å². The van der Waals surface area contributed by atoms with Crippen molar-refractivity contribution in [2.75, 3.05) is 5.32 Å². The molecule has 5 nitrogen and oxygen atoms in total. The van der Waals surface area contributed by atoms with Gasteiger partial charge in [-0.25, -0.2) is 4.98 Å². The standard InChI is InChI=1S/C17H21N3O2S/c1-10(2)13-5-7-14(8-6-13)15-9-23-17(19-15)20-16(22)11(3)18-12(4)21/h5-11H,1-4H3,(H,18,21)(H,19,20,22). The van der Waals surface area contributed by atoms with E-state index in [0.29, 0.717) is 11.0 Å². The maximum atomic E-state index is 12.0. The molecule has 1 aromatic carbocycles. The second-order valence-corrected chi connectivity index (χ2v) is 6.58. The van der Waals surface area contributed by atoms with Gasteiger partial charge in [0.15, 0.2) is 5.13 Å². The fourth-order valence-electron chi connectivity index (χ4n) is 2.09. The summed E-state index contributed by atoms with van der Waals surface area (Å²) in [5.74, 6) is -0.0291. The van der Waals surface area contributed by atoms with Gasteiger partial charge in [0.05, 0.1) is 5.69 Å². The molecule has 6 heteroatoms. The Kier molecular flexibility index (Phi) is 5.50. The molecule has 1 atom stereocenters. The first-order chi connectivity index (χ1) is 10.9. The highest BCUT2D eigenvalue weighted by Crippen LogP contribution is 2.26. The van der Waals surface area contributed by atoms with Crippen LogP contribution in [0.5, 0.6) is 0 Å². The Morgan fingerprint density at radius 2 is 1.78 bits per heavy atom. The highest BCUT2D eigenvalue weighted by molar-refractivity contribution is 7.14. The van der Waals surface area contributed by atoms with Crippen molar-refractivity contribution < 1.29 is 9.59 Å². The predicted molar refractivity (Wildman–Crippen MR) is 93.5 cm³/mol. The maximum Gasteiger partial charge on any atom is 0.248 e. The number of anilines is 1. The van der Waals surface area contributed by atoms with Crippen molar-refractivity contribution >= 4 is 28.3 Å². The van der Waals surface area contributed by atoms with Crippen molar-refractivity contribution in [3.05, 3.63) is 35.2 Å². The van der Waals surface area contributed by atoms with Gasteiger partial charge >= 0.3 is 0 Å². The van der Waals surface area contributed by atoms with Crippen LogP contribution in [0.25, 0.3) is 11.3 Å². The van der Waals surface area contributed by atoms with E-state index in [9.17, 15) is 9.59 Å². The van der Waals surface area contributed by atoms with E-state index in [2.05, 4.69) is 41.6 Å². The van der Waals surface area contributed by atoms with E-state index in [1.165, 1.54) is 23.8 Å². The lowest BCUT2D eigenvalue weighted by atomic mass is 10.0. The summed E-state index contributed by atoms with van der Waals surface area (Å²) in [7, 11) is 0. The highest BCUT2D eigenvalue weighted by atomic mass is 32.1. The quantitative estimate of drug-likeness (QED) is 0.882. The lowest BCUT2D eigenvalue weighted by Gasteiger charge is -2.10. The molecule has 2 N–H and O–H groups in total. The molecule has 0 aliphatic rings. The molecule has 0 aliphatic carbocycles. The molecule has 0 bridgehead atoms. The van der Waals surface area contributed by atoms with E-state index in [0.717, 1.165) is 11.3 Å². The molecule has 1 unspecified atom stereocenters. The number of nitrogens with zero attached hydrogens (tertiary/aromatic N) is 1. The summed E-state index contributed by atoms with van der Waals surface area (Å²) >= 11 is 1.36. The van der Waals surface area contributed by atoms with E-state index in [1.54, 1.807) is 6.92 Å². The van der Waals surface area contributed by atoms with Gasteiger partial charge in [0, 0.05) is 17.9 Å². The van der Waals surface area contributed by atoms with E-state index in [1.807, 2.05) is 17.5 Å². The lowest BCUT2D eigenvalue weighted by molar-refractivity contribution is -0.124. The summed E-state index contributed by atoms with van der Waals surface area (Å²) in [6.45, 7) is 7.32. The van der Waals surface area contributed by atoms with Gasteiger partial charge in [-0.3, -0.25) is 9.59 Å². The third kappa shape index (κ3) is 4.63. The SMILES string of the molecule is CC(=O)NC(C)C(=O)Nc1nc(-c2ccc(C(C)C)cc2)cs1. The highest BCUT2D eigenvalue weighted by Gasteiger charge is 2.15. The fourth-order valence-corrected chi connectivity index (χ4v) is 2.81. The zero-order valence-electron chi connectivity index (χ0n) is 13.7. The maximum absolute atomic E-state index is 12.0. The summed E-state index contributed by atoms with van der Waals surface area (Å²) in [4.78, 5) is 27.4. The van der Waals surface area contributed by atoms with Crippen molar-refractivity contribution in [1.29, 1.82) is 0 Å². The number of amides is 2. The van der Waals surface area contributed by atoms with E-state index >= 15 is 0 Å². The smallest absolute Gasteiger partial charge is 0.248 e. The molecule has 2 rings (SSSR count). The molecular weight excluding hydrogens is 310 g/mol. The molecule has 2 aromatic rings. The molecular formula is C17H21N3O2S. The summed E-state index contributed by atoms with van der Waals surface area (Å²) < 4.78 is 0. The molecule has 0 spiro atoms. The Hall–Kier alpha value is -2.21. The summed E-state index contributed by atoms with van der Waals surface area (Å²) in [6, 6.07) is 7.67. The molecule has 0 saturated heterocycles. The first-order valence-corrected chi connectivity index (χ1v) is 8.38. The molecule has 122 valence electrons. The zero-order chi connectivity index (χ0) is 17.0. The van der Waals surface area contributed by atoms with E-state index < -0.39 is 6.04 Å². The van der Waals surface area contributed by atoms with Crippen molar-refractivity contribution in [3.63, 3.8) is 0 Å². The largest absolute Gasteiger partial charge is 0.345 e. The Labute approximate surface area is 140 Å². The van der Waals surface area contributed by atoms with Crippen molar-refractivity contribution in [1.82, 2.24) is 10.3 Å². The molecule has 2 amide bonds. The predicted octanol–water partition coefficient (Wildman–Crippen LogP) is 3.40. The van der Waals surface area contributed by atoms with Crippen LogP contribution in [0.15, 0.2) is 29.6 Å². The van der Waals surface area contributed by atoms with Crippen LogP contribution in [0.3, 0.4) is 0 Å². The minimum atomic E-state index is -0.592. The number of carbonyl (C=O) groups excluding carboxylic acids is 2. The van der Waals surface area contributed by atoms with E-state index in [4.69, 9.17) is 0 Å². The van der Waals surface area contributed by atoms with Gasteiger partial charge in [-0.1, -0.05) is 38.1 Å². The third-order valence-corrected chi connectivity index (χ3v) is 4.18. The first-order valence-electron chi connectivity index (χ1n) is 7.50. The van der Waals surface area contributed by atoms with Crippen LogP contribution in [0, 0.1) is 0 Å². The van der Waals surface area contributed by atoms with Gasteiger partial charge < -0.3 is 10.6 Å². The number of hydrogen-bond donors (Lipinski definition) is 2. The summed E-state index contributed by atoms with van der Waals surface area (Å²) in [5, 5.41) is 7.69. The van der Waals surface area contributed by atoms with Gasteiger partial charge in [0.25, 0.3) is 0 Å². The Morgan fingerprint density at radius 1 is 1.13 bits per heavy atom. The number of thiazole rings is 1. The number of carbonyl (C=O) groups is 2. The third-order valence-electron chi connectivity index (χ3n) is 3.42. The average molecular weight is 331 g/mol. The zero-order valence-corrected chi connectivity index (χ0v) is 14.5. The van der Waals surface area contributed by atoms with Gasteiger partial charge in [-0.05, 0) is 18.4 Å². The van der Waals surface area contributed by atoms with Gasteiger partial charge in [0.2, 0.25) is 11.8 Å². The molecule has 0 saturated carbocycles. The first kappa shape index (κ1) is 17.1. The van der Waals surface area contributed by atoms with Crippen molar-refractivity contribution in [3.8, 4) is 11.3 Å². The molecule has 1 aromatic heterocycles. The van der Waals surface area contributed by atoms with Crippen LogP contribution in [0.4, 0.5) is 5.13 Å². The monoisotopic (exact) mass is 331 g/mol. The lowest BCUT2D eigenvalue weighted by Crippen LogP contribution is -2.40. The van der Waals surface area contributed by atoms with E-state index in [-0.39, 0.29) is 11.8 Å². The van der Waals surface area contributed by atoms with Crippen molar-refractivity contribution in [2.24, 2.45) is 0 Å². The van der Waals surface area contributed by atoms with Crippen molar-refractivity contribution in [2.45, 2.75) is 39.7 Å². The second kappa shape index (κ2) is 7.37. The number of aromatic nitrogens is 1. The number of rotatable bonds is 5. The Morgan fingerprint density at radius 3 is 2.35 bits per heavy atom. The topological polar surface area (TPSA) is 71.1 Å². The Balaban J connectivity index is 2.05. The normalized spacial score (nSPS) is 12.0. The summed E-state index contributed by atoms with van der Waals surface area (Å²) in [6.07, 6.45) is 0.